The monoisotopic (exact) mass is 355 g/mol. The highest BCUT2D eigenvalue weighted by Gasteiger charge is 2.17. The molecule has 0 unspecified atom stereocenters. The van der Waals surface area contributed by atoms with Crippen molar-refractivity contribution in [3.63, 3.8) is 0 Å². The standard InChI is InChI=1S/C19H29N7/c1-4-13-9-14(10-25-19(13)23-3)17(20)16(18(21)26-12-22-2)11-24-15-7-5-6-8-15/h9-12,15,20,24H,4-8H2,1-3H3,(H,23,25)(H2,21,22,26)/b16-11+,20-17?. The number of nitrogens with zero attached hydrogens (tertiary/aromatic N) is 3. The molecule has 1 saturated carbocycles. The quantitative estimate of drug-likeness (QED) is 0.424. The third-order valence-corrected chi connectivity index (χ3v) is 4.55. The Kier molecular flexibility index (Phi) is 7.32. The molecule has 0 aromatic carbocycles. The van der Waals surface area contributed by atoms with Gasteiger partial charge in [-0.3, -0.25) is 10.4 Å². The van der Waals surface area contributed by atoms with Crippen LogP contribution in [0.25, 0.3) is 0 Å². The van der Waals surface area contributed by atoms with E-state index in [9.17, 15) is 0 Å². The van der Waals surface area contributed by atoms with E-state index in [-0.39, 0.29) is 5.84 Å². The first-order chi connectivity index (χ1) is 12.6. The molecular weight excluding hydrogens is 326 g/mol. The van der Waals surface area contributed by atoms with Gasteiger partial charge in [0, 0.05) is 38.1 Å². The van der Waals surface area contributed by atoms with Crippen molar-refractivity contribution in [3.05, 3.63) is 35.2 Å². The summed E-state index contributed by atoms with van der Waals surface area (Å²) >= 11 is 0. The summed E-state index contributed by atoms with van der Waals surface area (Å²) in [5, 5.41) is 15.1. The Balaban J connectivity index is 2.33. The number of nitrogens with two attached hydrogens (primary N) is 1. The summed E-state index contributed by atoms with van der Waals surface area (Å²) in [6.07, 6.45) is 10.5. The molecule has 1 aromatic rings. The van der Waals surface area contributed by atoms with Crippen LogP contribution in [0.15, 0.2) is 34.0 Å². The molecule has 1 heterocycles. The second-order valence-electron chi connectivity index (χ2n) is 6.30. The fourth-order valence-corrected chi connectivity index (χ4v) is 3.05. The number of rotatable bonds is 8. The summed E-state index contributed by atoms with van der Waals surface area (Å²) in [5.74, 6) is 1.10. The Bertz CT molecular complexity index is 713. The highest BCUT2D eigenvalue weighted by Crippen LogP contribution is 2.19. The van der Waals surface area contributed by atoms with Gasteiger partial charge in [-0.25, -0.2) is 9.98 Å². The Labute approximate surface area is 155 Å². The molecule has 1 aliphatic carbocycles. The average molecular weight is 355 g/mol. The number of pyridine rings is 1. The number of anilines is 1. The van der Waals surface area contributed by atoms with Gasteiger partial charge in [0.15, 0.2) is 0 Å². The zero-order valence-electron chi connectivity index (χ0n) is 15.8. The normalized spacial score (nSPS) is 16.3. The second-order valence-corrected chi connectivity index (χ2v) is 6.30. The summed E-state index contributed by atoms with van der Waals surface area (Å²) in [6, 6.07) is 2.41. The predicted molar refractivity (Wildman–Crippen MR) is 110 cm³/mol. The topological polar surface area (TPSA) is 112 Å². The molecule has 140 valence electrons. The van der Waals surface area contributed by atoms with E-state index in [0.717, 1.165) is 30.6 Å². The highest BCUT2D eigenvalue weighted by atomic mass is 15.0. The zero-order chi connectivity index (χ0) is 18.9. The van der Waals surface area contributed by atoms with E-state index < -0.39 is 0 Å². The molecule has 0 saturated heterocycles. The minimum absolute atomic E-state index is 0.266. The van der Waals surface area contributed by atoms with E-state index >= 15 is 0 Å². The van der Waals surface area contributed by atoms with Crippen LogP contribution in [0.1, 0.15) is 43.7 Å². The molecular formula is C19H29N7. The molecule has 7 nitrogen and oxygen atoms in total. The number of aryl methyl sites for hydroxylation is 1. The van der Waals surface area contributed by atoms with Crippen LogP contribution >= 0.6 is 0 Å². The summed E-state index contributed by atoms with van der Waals surface area (Å²) in [6.45, 7) is 2.07. The van der Waals surface area contributed by atoms with Crippen LogP contribution in [0.4, 0.5) is 5.82 Å². The molecule has 0 amide bonds. The van der Waals surface area contributed by atoms with Gasteiger partial charge >= 0.3 is 0 Å². The van der Waals surface area contributed by atoms with E-state index in [2.05, 4.69) is 32.5 Å². The van der Waals surface area contributed by atoms with Crippen molar-refractivity contribution in [2.75, 3.05) is 19.4 Å². The molecule has 1 aromatic heterocycles. The molecule has 1 fully saturated rings. The van der Waals surface area contributed by atoms with E-state index in [4.69, 9.17) is 11.1 Å². The molecule has 26 heavy (non-hydrogen) atoms. The molecule has 0 atom stereocenters. The average Bonchev–Trinajstić information content (AvgIpc) is 3.19. The minimum Gasteiger partial charge on any atom is -0.388 e. The van der Waals surface area contributed by atoms with Crippen LogP contribution in [-0.4, -0.2) is 43.0 Å². The van der Waals surface area contributed by atoms with Crippen molar-refractivity contribution >= 4 is 23.7 Å². The number of hydrogen-bond donors (Lipinski definition) is 4. The molecule has 2 rings (SSSR count). The summed E-state index contributed by atoms with van der Waals surface area (Å²) in [7, 11) is 3.48. The number of aliphatic imine (C=N–C) groups is 2. The Morgan fingerprint density at radius 3 is 2.77 bits per heavy atom. The lowest BCUT2D eigenvalue weighted by atomic mass is 10.0. The maximum Gasteiger partial charge on any atom is 0.136 e. The van der Waals surface area contributed by atoms with Crippen LogP contribution in [0.5, 0.6) is 0 Å². The van der Waals surface area contributed by atoms with Crippen LogP contribution in [0, 0.1) is 5.41 Å². The predicted octanol–water partition coefficient (Wildman–Crippen LogP) is 2.48. The van der Waals surface area contributed by atoms with Gasteiger partial charge in [0.05, 0.1) is 11.3 Å². The smallest absolute Gasteiger partial charge is 0.136 e. The molecule has 0 bridgehead atoms. The third kappa shape index (κ3) is 4.91. The van der Waals surface area contributed by atoms with Gasteiger partial charge in [-0.05, 0) is 30.9 Å². The Morgan fingerprint density at radius 1 is 1.42 bits per heavy atom. The largest absolute Gasteiger partial charge is 0.388 e. The van der Waals surface area contributed by atoms with Gasteiger partial charge in [-0.15, -0.1) is 0 Å². The second kappa shape index (κ2) is 9.70. The first kappa shape index (κ1) is 19.6. The SMILES string of the molecule is CCc1cc(C(=N)C(=C\NC2CCCC2)/C(N)=N\C=N/C)cnc1NC. The lowest BCUT2D eigenvalue weighted by molar-refractivity contribution is 0.607. The van der Waals surface area contributed by atoms with Crippen LogP contribution in [0.3, 0.4) is 0 Å². The number of hydrogen-bond acceptors (Lipinski definition) is 5. The van der Waals surface area contributed by atoms with Crippen molar-refractivity contribution in [3.8, 4) is 0 Å². The minimum atomic E-state index is 0.266. The van der Waals surface area contributed by atoms with E-state index in [1.807, 2.05) is 19.3 Å². The van der Waals surface area contributed by atoms with Gasteiger partial charge in [0.1, 0.15) is 18.0 Å². The maximum atomic E-state index is 8.65. The van der Waals surface area contributed by atoms with Gasteiger partial charge in [-0.2, -0.15) is 0 Å². The van der Waals surface area contributed by atoms with E-state index in [1.54, 1.807) is 13.2 Å². The number of amidine groups is 1. The lowest BCUT2D eigenvalue weighted by Crippen LogP contribution is -2.27. The lowest BCUT2D eigenvalue weighted by Gasteiger charge is -2.14. The highest BCUT2D eigenvalue weighted by molar-refractivity contribution is 6.28. The molecule has 0 radical (unpaired) electrons. The van der Waals surface area contributed by atoms with Crippen molar-refractivity contribution in [2.45, 2.75) is 45.1 Å². The molecule has 0 aliphatic heterocycles. The van der Waals surface area contributed by atoms with Crippen LogP contribution in [-0.2, 0) is 6.42 Å². The third-order valence-electron chi connectivity index (χ3n) is 4.55. The van der Waals surface area contributed by atoms with E-state index in [0.29, 0.717) is 22.9 Å². The van der Waals surface area contributed by atoms with Crippen molar-refractivity contribution in [2.24, 2.45) is 15.7 Å². The fourth-order valence-electron chi connectivity index (χ4n) is 3.05. The van der Waals surface area contributed by atoms with Gasteiger partial charge in [0.25, 0.3) is 0 Å². The number of aromatic nitrogens is 1. The Morgan fingerprint density at radius 2 is 2.15 bits per heavy atom. The van der Waals surface area contributed by atoms with E-state index in [1.165, 1.54) is 19.2 Å². The van der Waals surface area contributed by atoms with Gasteiger partial charge in [0.2, 0.25) is 0 Å². The van der Waals surface area contributed by atoms with Crippen molar-refractivity contribution in [1.29, 1.82) is 5.41 Å². The first-order valence-corrected chi connectivity index (χ1v) is 9.07. The summed E-state index contributed by atoms with van der Waals surface area (Å²) < 4.78 is 0. The molecule has 7 heteroatoms. The molecule has 0 spiro atoms. The molecule has 1 aliphatic rings. The van der Waals surface area contributed by atoms with Crippen molar-refractivity contribution < 1.29 is 0 Å². The van der Waals surface area contributed by atoms with Gasteiger partial charge in [-0.1, -0.05) is 19.8 Å². The molecule has 5 N–H and O–H groups in total. The zero-order valence-corrected chi connectivity index (χ0v) is 15.8. The summed E-state index contributed by atoms with van der Waals surface area (Å²) in [5.41, 5.74) is 8.75. The maximum absolute atomic E-state index is 8.65. The van der Waals surface area contributed by atoms with Crippen LogP contribution in [0.2, 0.25) is 0 Å². The summed E-state index contributed by atoms with van der Waals surface area (Å²) in [4.78, 5) is 12.4. The van der Waals surface area contributed by atoms with Gasteiger partial charge < -0.3 is 16.4 Å². The van der Waals surface area contributed by atoms with Crippen molar-refractivity contribution in [1.82, 2.24) is 10.3 Å². The number of nitrogens with one attached hydrogen (secondary N) is 3. The first-order valence-electron chi connectivity index (χ1n) is 9.07. The Hall–Kier alpha value is -2.70. The van der Waals surface area contributed by atoms with Crippen LogP contribution < -0.4 is 16.4 Å². The fraction of sp³-hybridized carbons (Fsp3) is 0.474.